The monoisotopic (exact) mass is 604 g/mol. The van der Waals surface area contributed by atoms with Gasteiger partial charge in [-0.2, -0.15) is 5.10 Å². The van der Waals surface area contributed by atoms with Crippen LogP contribution in [0.5, 0.6) is 0 Å². The van der Waals surface area contributed by atoms with Crippen LogP contribution in [0.15, 0.2) is 66.1 Å². The van der Waals surface area contributed by atoms with Gasteiger partial charge in [0.25, 0.3) is 10.0 Å². The van der Waals surface area contributed by atoms with Crippen molar-refractivity contribution in [2.75, 3.05) is 59.2 Å². The Kier molecular flexibility index (Phi) is 8.08. The van der Waals surface area contributed by atoms with Crippen LogP contribution >= 0.6 is 0 Å². The van der Waals surface area contributed by atoms with Crippen LogP contribution in [-0.2, 0) is 31.6 Å². The number of rotatable bonds is 8. The topological polar surface area (TPSA) is 94.7 Å². The van der Waals surface area contributed by atoms with E-state index in [1.165, 1.54) is 23.2 Å². The van der Waals surface area contributed by atoms with Crippen molar-refractivity contribution in [2.45, 2.75) is 49.1 Å². The zero-order chi connectivity index (χ0) is 29.3. The molecule has 43 heavy (non-hydrogen) atoms. The standard InChI is InChI=1S/C32H40N6O4S/c39-43(40,28-7-3-1-4-8-28)38-25-30(26-22-34-37(24-26)12-11-35-13-17-41-18-14-35)29-21-27(23-33-31(29)38)32(9-5-2-6-10-32)36-15-19-42-20-16-36/h1,3-4,7-8,21-25H,2,5-6,9-20H2. The van der Waals surface area contributed by atoms with Crippen molar-refractivity contribution in [3.63, 3.8) is 0 Å². The number of aromatic nitrogens is 4. The summed E-state index contributed by atoms with van der Waals surface area (Å²) in [5.74, 6) is 0. The summed E-state index contributed by atoms with van der Waals surface area (Å²) in [5.41, 5.74) is 3.20. The van der Waals surface area contributed by atoms with Gasteiger partial charge in [0.2, 0.25) is 0 Å². The molecule has 3 aromatic heterocycles. The van der Waals surface area contributed by atoms with Gasteiger partial charge < -0.3 is 9.47 Å². The third kappa shape index (κ3) is 5.53. The molecule has 3 fully saturated rings. The van der Waals surface area contributed by atoms with Crippen LogP contribution in [-0.4, -0.2) is 96.1 Å². The molecule has 2 aliphatic heterocycles. The molecule has 1 aliphatic carbocycles. The minimum atomic E-state index is -3.86. The smallest absolute Gasteiger partial charge is 0.269 e. The van der Waals surface area contributed by atoms with Crippen molar-refractivity contribution in [3.05, 3.63) is 66.7 Å². The van der Waals surface area contributed by atoms with Gasteiger partial charge in [-0.05, 0) is 36.6 Å². The molecule has 1 saturated carbocycles. The molecule has 0 unspecified atom stereocenters. The maximum atomic E-state index is 13.9. The fraction of sp³-hybridized carbons (Fsp3) is 0.500. The SMILES string of the molecule is O=S(=O)(c1ccccc1)n1cc(-c2cnn(CCN3CCOCC3)c2)c2cc(C3(N4CCOCC4)CCCCC3)cnc21. The summed E-state index contributed by atoms with van der Waals surface area (Å²) < 4.78 is 42.4. The molecule has 0 N–H and O–H groups in total. The molecular weight excluding hydrogens is 564 g/mol. The van der Waals surface area contributed by atoms with Crippen LogP contribution in [0.25, 0.3) is 22.2 Å². The number of benzene rings is 1. The highest BCUT2D eigenvalue weighted by Gasteiger charge is 2.41. The molecule has 0 radical (unpaired) electrons. The second-order valence-electron chi connectivity index (χ2n) is 11.9. The minimum absolute atomic E-state index is 0.122. The summed E-state index contributed by atoms with van der Waals surface area (Å²) in [6.07, 6.45) is 13.2. The lowest BCUT2D eigenvalue weighted by Gasteiger charge is -2.48. The Bertz CT molecular complexity index is 1650. The molecule has 0 bridgehead atoms. The van der Waals surface area contributed by atoms with Gasteiger partial charge >= 0.3 is 0 Å². The van der Waals surface area contributed by atoms with Crippen molar-refractivity contribution < 1.29 is 17.9 Å². The van der Waals surface area contributed by atoms with Crippen LogP contribution < -0.4 is 0 Å². The highest BCUT2D eigenvalue weighted by Crippen LogP contribution is 2.44. The number of hydrogen-bond donors (Lipinski definition) is 0. The first-order valence-electron chi connectivity index (χ1n) is 15.5. The third-order valence-electron chi connectivity index (χ3n) is 9.44. The Morgan fingerprint density at radius 3 is 2.30 bits per heavy atom. The molecule has 4 aromatic rings. The molecule has 2 saturated heterocycles. The average molecular weight is 605 g/mol. The maximum Gasteiger partial charge on any atom is 0.269 e. The lowest BCUT2D eigenvalue weighted by molar-refractivity contribution is -0.0405. The normalized spacial score (nSPS) is 20.5. The lowest BCUT2D eigenvalue weighted by atomic mass is 9.75. The van der Waals surface area contributed by atoms with E-state index in [2.05, 4.69) is 21.0 Å². The van der Waals surface area contributed by atoms with E-state index in [-0.39, 0.29) is 10.4 Å². The van der Waals surface area contributed by atoms with E-state index >= 15 is 0 Å². The summed E-state index contributed by atoms with van der Waals surface area (Å²) >= 11 is 0. The lowest BCUT2D eigenvalue weighted by Crippen LogP contribution is -2.52. The predicted molar refractivity (Wildman–Crippen MR) is 164 cm³/mol. The van der Waals surface area contributed by atoms with Gasteiger partial charge in [-0.3, -0.25) is 14.5 Å². The number of nitrogens with zero attached hydrogens (tertiary/aromatic N) is 6. The molecule has 0 spiro atoms. The van der Waals surface area contributed by atoms with E-state index in [0.717, 1.165) is 101 Å². The number of morpholine rings is 2. The second kappa shape index (κ2) is 12.1. The quantitative estimate of drug-likeness (QED) is 0.298. The van der Waals surface area contributed by atoms with Gasteiger partial charge in [0.15, 0.2) is 5.65 Å². The molecule has 228 valence electrons. The van der Waals surface area contributed by atoms with Crippen molar-refractivity contribution in [3.8, 4) is 11.1 Å². The van der Waals surface area contributed by atoms with Gasteiger partial charge in [0.1, 0.15) is 0 Å². The number of fused-ring (bicyclic) bond motifs is 1. The first-order chi connectivity index (χ1) is 21.0. The van der Waals surface area contributed by atoms with Gasteiger partial charge in [-0.15, -0.1) is 0 Å². The second-order valence-corrected chi connectivity index (χ2v) is 13.7. The van der Waals surface area contributed by atoms with Crippen LogP contribution in [0.4, 0.5) is 0 Å². The van der Waals surface area contributed by atoms with Crippen molar-refractivity contribution in [2.24, 2.45) is 0 Å². The molecule has 11 heteroatoms. The Hall–Kier alpha value is -3.09. The summed E-state index contributed by atoms with van der Waals surface area (Å²) in [7, 11) is -3.86. The van der Waals surface area contributed by atoms with Crippen LogP contribution in [0.1, 0.15) is 37.7 Å². The van der Waals surface area contributed by atoms with Gasteiger partial charge in [0.05, 0.1) is 44.1 Å². The van der Waals surface area contributed by atoms with E-state index in [1.807, 2.05) is 29.3 Å². The zero-order valence-corrected chi connectivity index (χ0v) is 25.4. The Morgan fingerprint density at radius 2 is 1.56 bits per heavy atom. The fourth-order valence-corrected chi connectivity index (χ4v) is 8.41. The van der Waals surface area contributed by atoms with Gasteiger partial charge in [-0.25, -0.2) is 17.4 Å². The first kappa shape index (κ1) is 28.7. The Morgan fingerprint density at radius 1 is 0.837 bits per heavy atom. The zero-order valence-electron chi connectivity index (χ0n) is 24.6. The third-order valence-corrected chi connectivity index (χ3v) is 11.1. The predicted octanol–water partition coefficient (Wildman–Crippen LogP) is 3.96. The molecule has 0 atom stereocenters. The molecule has 0 amide bonds. The van der Waals surface area contributed by atoms with E-state index in [1.54, 1.807) is 30.5 Å². The molecular formula is C32H40N6O4S. The highest BCUT2D eigenvalue weighted by molar-refractivity contribution is 7.90. The number of hydrogen-bond acceptors (Lipinski definition) is 8. The van der Waals surface area contributed by atoms with Crippen LogP contribution in [0.2, 0.25) is 0 Å². The van der Waals surface area contributed by atoms with Crippen molar-refractivity contribution >= 4 is 21.1 Å². The van der Waals surface area contributed by atoms with Gasteiger partial charge in [-0.1, -0.05) is 37.5 Å². The molecule has 1 aromatic carbocycles. The first-order valence-corrected chi connectivity index (χ1v) is 17.0. The largest absolute Gasteiger partial charge is 0.379 e. The summed E-state index contributed by atoms with van der Waals surface area (Å²) in [4.78, 5) is 10.1. The van der Waals surface area contributed by atoms with Crippen molar-refractivity contribution in [1.82, 2.24) is 28.5 Å². The fourth-order valence-electron chi connectivity index (χ4n) is 7.06. The van der Waals surface area contributed by atoms with Gasteiger partial charge in [0, 0.05) is 73.4 Å². The maximum absolute atomic E-state index is 13.9. The summed E-state index contributed by atoms with van der Waals surface area (Å²) in [6.45, 7) is 8.29. The number of pyridine rings is 1. The molecule has 5 heterocycles. The summed E-state index contributed by atoms with van der Waals surface area (Å²) in [6, 6.07) is 10.8. The van der Waals surface area contributed by atoms with E-state index in [4.69, 9.17) is 14.5 Å². The highest BCUT2D eigenvalue weighted by atomic mass is 32.2. The molecule has 3 aliphatic rings. The van der Waals surface area contributed by atoms with Crippen LogP contribution in [0, 0.1) is 0 Å². The van der Waals surface area contributed by atoms with Crippen molar-refractivity contribution in [1.29, 1.82) is 0 Å². The van der Waals surface area contributed by atoms with E-state index < -0.39 is 10.0 Å². The molecule has 10 nitrogen and oxygen atoms in total. The van der Waals surface area contributed by atoms with E-state index in [0.29, 0.717) is 5.65 Å². The minimum Gasteiger partial charge on any atom is -0.379 e. The Labute approximate surface area is 253 Å². The average Bonchev–Trinajstić information content (AvgIpc) is 3.70. The molecule has 7 rings (SSSR count). The summed E-state index contributed by atoms with van der Waals surface area (Å²) in [5, 5.41) is 5.51. The van der Waals surface area contributed by atoms with Crippen LogP contribution in [0.3, 0.4) is 0 Å². The Balaban J connectivity index is 1.32. The number of ether oxygens (including phenoxy) is 2. The van der Waals surface area contributed by atoms with E-state index in [9.17, 15) is 8.42 Å².